The van der Waals surface area contributed by atoms with Crippen LogP contribution in [0.5, 0.6) is 0 Å². The third-order valence-electron chi connectivity index (χ3n) is 3.07. The zero-order chi connectivity index (χ0) is 11.1. The molecule has 1 fully saturated rings. The molecule has 1 aliphatic carbocycles. The number of ether oxygens (including phenoxy) is 2. The van der Waals surface area contributed by atoms with Gasteiger partial charge >= 0.3 is 0 Å². The van der Waals surface area contributed by atoms with Gasteiger partial charge in [-0.1, -0.05) is 6.92 Å². The standard InChI is InChI=1S/C12H25NO2/c1-4-13-11(9-14-3)6-10-7-12(8-10)15-5-2/h10-13H,4-9H2,1-3H3. The first kappa shape index (κ1) is 12.9. The Morgan fingerprint density at radius 2 is 2.07 bits per heavy atom. The quantitative estimate of drug-likeness (QED) is 0.670. The smallest absolute Gasteiger partial charge is 0.0615 e. The summed E-state index contributed by atoms with van der Waals surface area (Å²) >= 11 is 0. The molecule has 0 saturated heterocycles. The second-order valence-corrected chi connectivity index (χ2v) is 4.36. The molecular weight excluding hydrogens is 190 g/mol. The van der Waals surface area contributed by atoms with E-state index in [1.165, 1.54) is 19.3 Å². The zero-order valence-electron chi connectivity index (χ0n) is 10.3. The first-order valence-electron chi connectivity index (χ1n) is 6.14. The Morgan fingerprint density at radius 1 is 1.33 bits per heavy atom. The van der Waals surface area contributed by atoms with Crippen molar-refractivity contribution in [1.29, 1.82) is 0 Å². The predicted octanol–water partition coefficient (Wildman–Crippen LogP) is 1.82. The Hall–Kier alpha value is -0.120. The van der Waals surface area contributed by atoms with Crippen LogP contribution in [0.25, 0.3) is 0 Å². The van der Waals surface area contributed by atoms with Gasteiger partial charge in [0, 0.05) is 19.8 Å². The maximum Gasteiger partial charge on any atom is 0.0615 e. The van der Waals surface area contributed by atoms with Crippen molar-refractivity contribution in [3.63, 3.8) is 0 Å². The molecule has 0 aliphatic heterocycles. The minimum Gasteiger partial charge on any atom is -0.383 e. The van der Waals surface area contributed by atoms with Crippen molar-refractivity contribution in [3.05, 3.63) is 0 Å². The summed E-state index contributed by atoms with van der Waals surface area (Å²) in [5.74, 6) is 0.834. The average molecular weight is 215 g/mol. The lowest BCUT2D eigenvalue weighted by molar-refractivity contribution is -0.0311. The van der Waals surface area contributed by atoms with Crippen molar-refractivity contribution in [1.82, 2.24) is 5.32 Å². The summed E-state index contributed by atoms with van der Waals surface area (Å²) in [6.45, 7) is 6.91. The molecule has 1 saturated carbocycles. The van der Waals surface area contributed by atoms with Gasteiger partial charge in [0.1, 0.15) is 0 Å². The molecular formula is C12H25NO2. The van der Waals surface area contributed by atoms with Gasteiger partial charge in [-0.3, -0.25) is 0 Å². The minimum absolute atomic E-state index is 0.521. The van der Waals surface area contributed by atoms with Crippen LogP contribution in [-0.4, -0.2) is 39.0 Å². The molecule has 0 aromatic heterocycles. The van der Waals surface area contributed by atoms with Crippen LogP contribution in [0.2, 0.25) is 0 Å². The molecule has 0 aromatic rings. The SMILES string of the molecule is CCNC(COC)CC1CC(OCC)C1. The van der Waals surface area contributed by atoms with E-state index in [1.807, 2.05) is 0 Å². The number of hydrogen-bond donors (Lipinski definition) is 1. The number of rotatable bonds is 8. The molecule has 1 aliphatic rings. The normalized spacial score (nSPS) is 27.4. The monoisotopic (exact) mass is 215 g/mol. The number of methoxy groups -OCH3 is 1. The molecule has 1 unspecified atom stereocenters. The highest BCUT2D eigenvalue weighted by molar-refractivity contribution is 4.84. The van der Waals surface area contributed by atoms with Crippen molar-refractivity contribution in [2.45, 2.75) is 45.3 Å². The fourth-order valence-electron chi connectivity index (χ4n) is 2.34. The fraction of sp³-hybridized carbons (Fsp3) is 1.00. The van der Waals surface area contributed by atoms with Crippen molar-refractivity contribution in [3.8, 4) is 0 Å². The van der Waals surface area contributed by atoms with Crippen LogP contribution < -0.4 is 5.32 Å². The molecule has 1 atom stereocenters. The van der Waals surface area contributed by atoms with E-state index in [2.05, 4.69) is 19.2 Å². The highest BCUT2D eigenvalue weighted by Crippen LogP contribution is 2.33. The Labute approximate surface area is 93.5 Å². The van der Waals surface area contributed by atoms with E-state index in [1.54, 1.807) is 7.11 Å². The summed E-state index contributed by atoms with van der Waals surface area (Å²) in [7, 11) is 1.77. The molecule has 3 heteroatoms. The van der Waals surface area contributed by atoms with E-state index < -0.39 is 0 Å². The third kappa shape index (κ3) is 4.49. The maximum absolute atomic E-state index is 5.56. The lowest BCUT2D eigenvalue weighted by Crippen LogP contribution is -2.40. The van der Waals surface area contributed by atoms with Gasteiger partial charge in [-0.05, 0) is 38.6 Å². The van der Waals surface area contributed by atoms with E-state index in [9.17, 15) is 0 Å². The number of hydrogen-bond acceptors (Lipinski definition) is 3. The van der Waals surface area contributed by atoms with Crippen LogP contribution in [0.3, 0.4) is 0 Å². The van der Waals surface area contributed by atoms with Crippen LogP contribution in [0.15, 0.2) is 0 Å². The average Bonchev–Trinajstić information content (AvgIpc) is 2.15. The molecule has 0 radical (unpaired) electrons. The highest BCUT2D eigenvalue weighted by Gasteiger charge is 2.31. The number of nitrogens with one attached hydrogen (secondary N) is 1. The minimum atomic E-state index is 0.521. The summed E-state index contributed by atoms with van der Waals surface area (Å²) in [4.78, 5) is 0. The Morgan fingerprint density at radius 3 is 2.60 bits per heavy atom. The molecule has 0 amide bonds. The van der Waals surface area contributed by atoms with Gasteiger partial charge in [0.2, 0.25) is 0 Å². The molecule has 1 N–H and O–H groups in total. The Bertz CT molecular complexity index is 152. The molecule has 90 valence electrons. The highest BCUT2D eigenvalue weighted by atomic mass is 16.5. The van der Waals surface area contributed by atoms with E-state index in [0.29, 0.717) is 12.1 Å². The molecule has 0 bridgehead atoms. The maximum atomic E-state index is 5.56. The van der Waals surface area contributed by atoms with Gasteiger partial charge in [0.25, 0.3) is 0 Å². The van der Waals surface area contributed by atoms with Gasteiger partial charge in [-0.25, -0.2) is 0 Å². The van der Waals surface area contributed by atoms with Crippen LogP contribution in [0.4, 0.5) is 0 Å². The van der Waals surface area contributed by atoms with E-state index >= 15 is 0 Å². The Balaban J connectivity index is 2.11. The molecule has 0 spiro atoms. The summed E-state index contributed by atoms with van der Waals surface area (Å²) in [5.41, 5.74) is 0. The topological polar surface area (TPSA) is 30.5 Å². The van der Waals surface area contributed by atoms with Crippen LogP contribution in [0, 0.1) is 5.92 Å². The second-order valence-electron chi connectivity index (χ2n) is 4.36. The van der Waals surface area contributed by atoms with Gasteiger partial charge in [0.05, 0.1) is 12.7 Å². The summed E-state index contributed by atoms with van der Waals surface area (Å²) in [5, 5.41) is 3.46. The van der Waals surface area contributed by atoms with Gasteiger partial charge in [0.15, 0.2) is 0 Å². The fourth-order valence-corrected chi connectivity index (χ4v) is 2.34. The van der Waals surface area contributed by atoms with Crippen molar-refractivity contribution in [2.24, 2.45) is 5.92 Å². The molecule has 1 rings (SSSR count). The van der Waals surface area contributed by atoms with Gasteiger partial charge < -0.3 is 14.8 Å². The van der Waals surface area contributed by atoms with Crippen molar-refractivity contribution < 1.29 is 9.47 Å². The van der Waals surface area contributed by atoms with E-state index in [0.717, 1.165) is 25.7 Å². The summed E-state index contributed by atoms with van der Waals surface area (Å²) in [6, 6.07) is 0.521. The van der Waals surface area contributed by atoms with Crippen LogP contribution >= 0.6 is 0 Å². The lowest BCUT2D eigenvalue weighted by atomic mass is 9.78. The van der Waals surface area contributed by atoms with E-state index in [4.69, 9.17) is 9.47 Å². The Kier molecular flexibility index (Phi) is 6.22. The molecule has 15 heavy (non-hydrogen) atoms. The number of likely N-dealkylation sites (N-methyl/N-ethyl adjacent to an activating group) is 1. The first-order valence-corrected chi connectivity index (χ1v) is 6.14. The third-order valence-corrected chi connectivity index (χ3v) is 3.07. The second kappa shape index (κ2) is 7.20. The van der Waals surface area contributed by atoms with E-state index in [-0.39, 0.29) is 0 Å². The van der Waals surface area contributed by atoms with Gasteiger partial charge in [-0.2, -0.15) is 0 Å². The van der Waals surface area contributed by atoms with Crippen molar-refractivity contribution in [2.75, 3.05) is 26.9 Å². The predicted molar refractivity (Wildman–Crippen MR) is 62.1 cm³/mol. The van der Waals surface area contributed by atoms with Crippen LogP contribution in [0.1, 0.15) is 33.1 Å². The molecule has 0 aromatic carbocycles. The largest absolute Gasteiger partial charge is 0.383 e. The van der Waals surface area contributed by atoms with Crippen LogP contribution in [-0.2, 0) is 9.47 Å². The first-order chi connectivity index (χ1) is 7.30. The molecule has 3 nitrogen and oxygen atoms in total. The van der Waals surface area contributed by atoms with Gasteiger partial charge in [-0.15, -0.1) is 0 Å². The summed E-state index contributed by atoms with van der Waals surface area (Å²) in [6.07, 6.45) is 4.23. The summed E-state index contributed by atoms with van der Waals surface area (Å²) < 4.78 is 10.8. The molecule has 0 heterocycles. The van der Waals surface area contributed by atoms with Crippen molar-refractivity contribution >= 4 is 0 Å². The zero-order valence-corrected chi connectivity index (χ0v) is 10.3. The lowest BCUT2D eigenvalue weighted by Gasteiger charge is -2.37.